The molecule has 1 aromatic rings. The maximum absolute atomic E-state index is 12.2. The van der Waals surface area contributed by atoms with Crippen molar-refractivity contribution >= 4 is 29.7 Å². The van der Waals surface area contributed by atoms with Gasteiger partial charge in [0.05, 0.1) is 19.0 Å². The summed E-state index contributed by atoms with van der Waals surface area (Å²) in [7, 11) is 0. The topological polar surface area (TPSA) is 188 Å². The molecule has 0 heterocycles. The fraction of sp³-hybridized carbons (Fsp3) is 0.353. The van der Waals surface area contributed by atoms with Crippen molar-refractivity contribution in [3.8, 4) is 0 Å². The molecule has 0 aliphatic carbocycles. The molecule has 1 rings (SSSR count). The van der Waals surface area contributed by atoms with Gasteiger partial charge in [0.15, 0.2) is 0 Å². The first-order valence-corrected chi connectivity index (χ1v) is 8.27. The predicted molar refractivity (Wildman–Crippen MR) is 96.0 cm³/mol. The van der Waals surface area contributed by atoms with Crippen molar-refractivity contribution in [1.29, 1.82) is 0 Å². The molecule has 3 amide bonds. The van der Waals surface area contributed by atoms with Crippen LogP contribution in [0.3, 0.4) is 0 Å². The largest absolute Gasteiger partial charge is 0.481 e. The van der Waals surface area contributed by atoms with Gasteiger partial charge in [0.1, 0.15) is 12.6 Å². The molecule has 2 unspecified atom stereocenters. The van der Waals surface area contributed by atoms with E-state index >= 15 is 0 Å². The molecule has 28 heavy (non-hydrogen) atoms. The van der Waals surface area contributed by atoms with E-state index in [4.69, 9.17) is 15.9 Å². The lowest BCUT2D eigenvalue weighted by atomic mass is 10.1. The molecular weight excluding hydrogens is 372 g/mol. The summed E-state index contributed by atoms with van der Waals surface area (Å²) in [4.78, 5) is 57.1. The van der Waals surface area contributed by atoms with Gasteiger partial charge < -0.3 is 31.9 Å². The van der Waals surface area contributed by atoms with Crippen LogP contribution in [-0.4, -0.2) is 65.0 Å². The van der Waals surface area contributed by atoms with Gasteiger partial charge in [0.2, 0.25) is 17.7 Å². The van der Waals surface area contributed by atoms with Crippen molar-refractivity contribution in [2.45, 2.75) is 24.9 Å². The fourth-order valence-electron chi connectivity index (χ4n) is 2.15. The van der Waals surface area contributed by atoms with E-state index < -0.39 is 61.3 Å². The Balaban J connectivity index is 2.61. The summed E-state index contributed by atoms with van der Waals surface area (Å²) in [5.41, 5.74) is 6.60. The molecule has 0 radical (unpaired) electrons. The average Bonchev–Trinajstić information content (AvgIpc) is 2.64. The van der Waals surface area contributed by atoms with Crippen molar-refractivity contribution < 1.29 is 34.2 Å². The third-order valence-corrected chi connectivity index (χ3v) is 3.51. The molecule has 0 aliphatic rings. The number of carbonyl (C=O) groups excluding carboxylic acids is 3. The van der Waals surface area contributed by atoms with Gasteiger partial charge in [-0.3, -0.25) is 24.0 Å². The number of nitrogens with two attached hydrogens (primary N) is 1. The molecule has 0 saturated carbocycles. The van der Waals surface area contributed by atoms with E-state index in [1.54, 1.807) is 30.3 Å². The van der Waals surface area contributed by atoms with Crippen LogP contribution in [0, 0.1) is 0 Å². The quantitative estimate of drug-likeness (QED) is 0.244. The van der Waals surface area contributed by atoms with E-state index in [2.05, 4.69) is 10.6 Å². The molecule has 11 heteroatoms. The molecule has 1 aromatic carbocycles. The number of carboxylic acids is 2. The second kappa shape index (κ2) is 11.3. The Hall–Kier alpha value is -3.47. The van der Waals surface area contributed by atoms with Crippen molar-refractivity contribution in [2.75, 3.05) is 13.1 Å². The normalized spacial score (nSPS) is 12.3. The molecule has 0 fully saturated rings. The van der Waals surface area contributed by atoms with Crippen LogP contribution in [0.2, 0.25) is 0 Å². The minimum atomic E-state index is -1.45. The summed E-state index contributed by atoms with van der Waals surface area (Å²) < 4.78 is 0. The van der Waals surface area contributed by atoms with E-state index in [1.165, 1.54) is 0 Å². The lowest BCUT2D eigenvalue weighted by molar-refractivity contribution is -0.141. The Morgan fingerprint density at radius 3 is 2.11 bits per heavy atom. The molecule has 0 aliphatic heterocycles. The lowest BCUT2D eigenvalue weighted by Gasteiger charge is -2.19. The first-order valence-electron chi connectivity index (χ1n) is 8.27. The number of hydrogen-bond acceptors (Lipinski definition) is 6. The summed E-state index contributed by atoms with van der Waals surface area (Å²) in [6.45, 7) is -1.20. The Labute approximate surface area is 160 Å². The van der Waals surface area contributed by atoms with Gasteiger partial charge in [-0.25, -0.2) is 0 Å². The Kier molecular flexibility index (Phi) is 9.10. The van der Waals surface area contributed by atoms with Gasteiger partial charge in [-0.2, -0.15) is 0 Å². The molecule has 152 valence electrons. The van der Waals surface area contributed by atoms with Crippen molar-refractivity contribution in [1.82, 2.24) is 16.0 Å². The summed E-state index contributed by atoms with van der Waals surface area (Å²) in [5, 5.41) is 23.8. The SMILES string of the molecule is NC(Cc1ccccc1)C(=O)NC(CC(=O)O)C(=O)NCC(=O)NCC(=O)O. The highest BCUT2D eigenvalue weighted by atomic mass is 16.4. The van der Waals surface area contributed by atoms with Crippen LogP contribution in [0.25, 0.3) is 0 Å². The van der Waals surface area contributed by atoms with Crippen LogP contribution in [0.1, 0.15) is 12.0 Å². The zero-order chi connectivity index (χ0) is 21.1. The van der Waals surface area contributed by atoms with E-state index in [0.29, 0.717) is 0 Å². The summed E-state index contributed by atoms with van der Waals surface area (Å²) in [6, 6.07) is 6.43. The number of benzene rings is 1. The zero-order valence-electron chi connectivity index (χ0n) is 14.9. The number of carboxylic acid groups (broad SMARTS) is 2. The Morgan fingerprint density at radius 1 is 0.893 bits per heavy atom. The minimum absolute atomic E-state index is 0.186. The predicted octanol–water partition coefficient (Wildman–Crippen LogP) is -2.17. The second-order valence-corrected chi connectivity index (χ2v) is 5.84. The van der Waals surface area contributed by atoms with Crippen LogP contribution in [0.5, 0.6) is 0 Å². The molecule has 0 aromatic heterocycles. The van der Waals surface area contributed by atoms with Crippen LogP contribution in [0.4, 0.5) is 0 Å². The molecule has 7 N–H and O–H groups in total. The highest BCUT2D eigenvalue weighted by Gasteiger charge is 2.26. The third-order valence-electron chi connectivity index (χ3n) is 3.51. The van der Waals surface area contributed by atoms with E-state index in [0.717, 1.165) is 5.56 Å². The first-order chi connectivity index (χ1) is 13.2. The standard InChI is InChI=1S/C17H22N4O7/c18-11(6-10-4-2-1-3-5-10)16(27)21-12(7-14(23)24)17(28)20-8-13(22)19-9-15(25)26/h1-5,11-12H,6-9,18H2,(H,19,22)(H,20,28)(H,21,27)(H,23,24)(H,25,26). The Bertz CT molecular complexity index is 723. The molecule has 0 saturated heterocycles. The molecule has 0 spiro atoms. The van der Waals surface area contributed by atoms with Gasteiger partial charge in [-0.1, -0.05) is 30.3 Å². The summed E-state index contributed by atoms with van der Waals surface area (Å²) in [6.07, 6.45) is -0.530. The van der Waals surface area contributed by atoms with Crippen molar-refractivity contribution in [3.63, 3.8) is 0 Å². The molecule has 0 bridgehead atoms. The van der Waals surface area contributed by atoms with E-state index in [9.17, 15) is 24.0 Å². The zero-order valence-corrected chi connectivity index (χ0v) is 14.9. The lowest BCUT2D eigenvalue weighted by Crippen LogP contribution is -2.54. The molecule has 2 atom stereocenters. The molecule has 11 nitrogen and oxygen atoms in total. The maximum atomic E-state index is 12.2. The van der Waals surface area contributed by atoms with Crippen LogP contribution >= 0.6 is 0 Å². The van der Waals surface area contributed by atoms with Crippen molar-refractivity contribution in [2.24, 2.45) is 5.73 Å². The number of carbonyl (C=O) groups is 5. The minimum Gasteiger partial charge on any atom is -0.481 e. The highest BCUT2D eigenvalue weighted by Crippen LogP contribution is 2.03. The summed E-state index contributed by atoms with van der Waals surface area (Å²) in [5.74, 6) is -5.01. The number of amides is 3. The number of aliphatic carboxylic acids is 2. The van der Waals surface area contributed by atoms with Crippen molar-refractivity contribution in [3.05, 3.63) is 35.9 Å². The van der Waals surface area contributed by atoms with Gasteiger partial charge >= 0.3 is 11.9 Å². The van der Waals surface area contributed by atoms with Crippen LogP contribution in [0.15, 0.2) is 30.3 Å². The summed E-state index contributed by atoms with van der Waals surface area (Å²) >= 11 is 0. The van der Waals surface area contributed by atoms with E-state index in [-0.39, 0.29) is 6.42 Å². The van der Waals surface area contributed by atoms with Gasteiger partial charge in [-0.15, -0.1) is 0 Å². The molecular formula is C17H22N4O7. The van der Waals surface area contributed by atoms with Gasteiger partial charge in [-0.05, 0) is 12.0 Å². The van der Waals surface area contributed by atoms with Crippen LogP contribution < -0.4 is 21.7 Å². The number of hydrogen-bond donors (Lipinski definition) is 6. The van der Waals surface area contributed by atoms with Crippen LogP contribution in [-0.2, 0) is 30.4 Å². The average molecular weight is 394 g/mol. The highest BCUT2D eigenvalue weighted by molar-refractivity contribution is 5.94. The first kappa shape index (κ1) is 22.6. The van der Waals surface area contributed by atoms with E-state index in [1.807, 2.05) is 5.32 Å². The smallest absolute Gasteiger partial charge is 0.322 e. The third kappa shape index (κ3) is 8.76. The maximum Gasteiger partial charge on any atom is 0.322 e. The van der Waals surface area contributed by atoms with Gasteiger partial charge in [0.25, 0.3) is 0 Å². The number of nitrogens with one attached hydrogen (secondary N) is 3. The monoisotopic (exact) mass is 394 g/mol. The van der Waals surface area contributed by atoms with Gasteiger partial charge in [0, 0.05) is 0 Å². The fourth-order valence-corrected chi connectivity index (χ4v) is 2.15. The number of rotatable bonds is 11. The second-order valence-electron chi connectivity index (χ2n) is 5.84. The Morgan fingerprint density at radius 2 is 1.54 bits per heavy atom.